The SMILES string of the molecule is CC(CC1=CCCCC1)=Nc1ccccc1. The number of hydrogen-bond acceptors (Lipinski definition) is 1. The van der Waals surface area contributed by atoms with Gasteiger partial charge in [-0.2, -0.15) is 0 Å². The van der Waals surface area contributed by atoms with E-state index in [2.05, 4.69) is 30.1 Å². The van der Waals surface area contributed by atoms with Crippen LogP contribution in [0.3, 0.4) is 0 Å². The zero-order chi connectivity index (χ0) is 11.2. The molecule has 0 saturated heterocycles. The summed E-state index contributed by atoms with van der Waals surface area (Å²) in [4.78, 5) is 4.63. The third kappa shape index (κ3) is 3.34. The van der Waals surface area contributed by atoms with Crippen molar-refractivity contribution in [1.82, 2.24) is 0 Å². The van der Waals surface area contributed by atoms with Crippen molar-refractivity contribution in [1.29, 1.82) is 0 Å². The zero-order valence-electron chi connectivity index (χ0n) is 9.95. The zero-order valence-corrected chi connectivity index (χ0v) is 9.95. The molecule has 0 bridgehead atoms. The molecule has 2 rings (SSSR count). The van der Waals surface area contributed by atoms with Crippen molar-refractivity contribution in [3.05, 3.63) is 42.0 Å². The van der Waals surface area contributed by atoms with E-state index in [1.54, 1.807) is 5.57 Å². The quantitative estimate of drug-likeness (QED) is 0.511. The summed E-state index contributed by atoms with van der Waals surface area (Å²) in [6, 6.07) is 10.2. The summed E-state index contributed by atoms with van der Waals surface area (Å²) in [7, 11) is 0. The molecule has 84 valence electrons. The summed E-state index contributed by atoms with van der Waals surface area (Å²) in [5.74, 6) is 0. The first-order chi connectivity index (χ1) is 7.84. The van der Waals surface area contributed by atoms with E-state index in [-0.39, 0.29) is 0 Å². The number of para-hydroxylation sites is 1. The molecule has 0 fully saturated rings. The molecule has 0 spiro atoms. The van der Waals surface area contributed by atoms with E-state index < -0.39 is 0 Å². The van der Waals surface area contributed by atoms with Crippen molar-refractivity contribution < 1.29 is 0 Å². The number of rotatable bonds is 3. The van der Waals surface area contributed by atoms with Crippen molar-refractivity contribution in [2.45, 2.75) is 39.0 Å². The van der Waals surface area contributed by atoms with Gasteiger partial charge >= 0.3 is 0 Å². The largest absolute Gasteiger partial charge is 0.258 e. The standard InChI is InChI=1S/C15H19N/c1-13(12-14-8-4-2-5-9-14)16-15-10-6-3-7-11-15/h3,6-8,10-11H,2,4-5,9,12H2,1H3. The Kier molecular flexibility index (Phi) is 3.92. The summed E-state index contributed by atoms with van der Waals surface area (Å²) in [5, 5.41) is 0. The van der Waals surface area contributed by atoms with Gasteiger partial charge in [0, 0.05) is 12.1 Å². The van der Waals surface area contributed by atoms with E-state index in [9.17, 15) is 0 Å². The molecular weight excluding hydrogens is 194 g/mol. The Bertz CT molecular complexity index is 387. The third-order valence-corrected chi connectivity index (χ3v) is 2.94. The Morgan fingerprint density at radius 2 is 2.00 bits per heavy atom. The Morgan fingerprint density at radius 1 is 1.19 bits per heavy atom. The molecule has 0 aromatic heterocycles. The van der Waals surface area contributed by atoms with Crippen LogP contribution in [0.5, 0.6) is 0 Å². The van der Waals surface area contributed by atoms with Gasteiger partial charge in [0.25, 0.3) is 0 Å². The maximum absolute atomic E-state index is 4.63. The minimum Gasteiger partial charge on any atom is -0.258 e. The molecule has 1 aromatic carbocycles. The molecule has 0 atom stereocenters. The summed E-state index contributed by atoms with van der Waals surface area (Å²) in [6.07, 6.45) is 8.68. The number of hydrogen-bond donors (Lipinski definition) is 0. The molecule has 0 radical (unpaired) electrons. The van der Waals surface area contributed by atoms with Crippen LogP contribution in [0, 0.1) is 0 Å². The minimum absolute atomic E-state index is 1.05. The fourth-order valence-corrected chi connectivity index (χ4v) is 2.16. The molecule has 1 aromatic rings. The van der Waals surface area contributed by atoms with Crippen molar-refractivity contribution in [3.63, 3.8) is 0 Å². The van der Waals surface area contributed by atoms with Gasteiger partial charge in [-0.3, -0.25) is 4.99 Å². The molecule has 0 unspecified atom stereocenters. The van der Waals surface area contributed by atoms with E-state index in [4.69, 9.17) is 0 Å². The molecular formula is C15H19N. The van der Waals surface area contributed by atoms with Gasteiger partial charge in [-0.05, 0) is 44.7 Å². The van der Waals surface area contributed by atoms with Gasteiger partial charge in [0.2, 0.25) is 0 Å². The molecule has 1 nitrogen and oxygen atoms in total. The summed E-state index contributed by atoms with van der Waals surface area (Å²) >= 11 is 0. The molecule has 0 N–H and O–H groups in total. The smallest absolute Gasteiger partial charge is 0.0629 e. The normalized spacial score (nSPS) is 17.1. The van der Waals surface area contributed by atoms with Crippen molar-refractivity contribution >= 4 is 11.4 Å². The van der Waals surface area contributed by atoms with Gasteiger partial charge in [-0.1, -0.05) is 29.8 Å². The molecule has 16 heavy (non-hydrogen) atoms. The molecule has 0 amide bonds. The average Bonchev–Trinajstić information content (AvgIpc) is 2.31. The van der Waals surface area contributed by atoms with Gasteiger partial charge in [-0.15, -0.1) is 0 Å². The monoisotopic (exact) mass is 213 g/mol. The molecule has 0 heterocycles. The van der Waals surface area contributed by atoms with E-state index >= 15 is 0 Å². The van der Waals surface area contributed by atoms with E-state index in [1.165, 1.54) is 31.4 Å². The highest BCUT2D eigenvalue weighted by atomic mass is 14.7. The Labute approximate surface area is 97.9 Å². The molecule has 0 saturated carbocycles. The average molecular weight is 213 g/mol. The minimum atomic E-state index is 1.05. The molecule has 0 aliphatic heterocycles. The van der Waals surface area contributed by atoms with Crippen LogP contribution < -0.4 is 0 Å². The highest BCUT2D eigenvalue weighted by Gasteiger charge is 2.04. The number of aliphatic imine (C=N–C) groups is 1. The first-order valence-corrected chi connectivity index (χ1v) is 6.12. The molecule has 1 aliphatic rings. The fourth-order valence-electron chi connectivity index (χ4n) is 2.16. The lowest BCUT2D eigenvalue weighted by Crippen LogP contribution is -1.98. The second kappa shape index (κ2) is 5.64. The van der Waals surface area contributed by atoms with Crippen molar-refractivity contribution in [2.24, 2.45) is 4.99 Å². The third-order valence-electron chi connectivity index (χ3n) is 2.94. The topological polar surface area (TPSA) is 12.4 Å². The second-order valence-electron chi connectivity index (χ2n) is 4.47. The van der Waals surface area contributed by atoms with Gasteiger partial charge in [0.05, 0.1) is 5.69 Å². The van der Waals surface area contributed by atoms with Crippen LogP contribution in [0.2, 0.25) is 0 Å². The van der Waals surface area contributed by atoms with Crippen LogP contribution in [-0.4, -0.2) is 5.71 Å². The maximum Gasteiger partial charge on any atom is 0.0629 e. The lowest BCUT2D eigenvalue weighted by atomic mass is 9.96. The van der Waals surface area contributed by atoms with Crippen molar-refractivity contribution in [2.75, 3.05) is 0 Å². The van der Waals surface area contributed by atoms with Crippen LogP contribution >= 0.6 is 0 Å². The summed E-state index contributed by atoms with van der Waals surface area (Å²) in [6.45, 7) is 2.13. The first kappa shape index (κ1) is 11.1. The summed E-state index contributed by atoms with van der Waals surface area (Å²) in [5.41, 5.74) is 3.86. The van der Waals surface area contributed by atoms with E-state index in [0.29, 0.717) is 0 Å². The van der Waals surface area contributed by atoms with E-state index in [1.807, 2.05) is 18.2 Å². The Morgan fingerprint density at radius 3 is 2.69 bits per heavy atom. The van der Waals surface area contributed by atoms with Crippen LogP contribution in [0.4, 0.5) is 5.69 Å². The van der Waals surface area contributed by atoms with Crippen LogP contribution in [-0.2, 0) is 0 Å². The van der Waals surface area contributed by atoms with Crippen LogP contribution in [0.15, 0.2) is 47.0 Å². The van der Waals surface area contributed by atoms with Crippen molar-refractivity contribution in [3.8, 4) is 0 Å². The predicted octanol–water partition coefficient (Wildman–Crippen LogP) is 4.67. The predicted molar refractivity (Wildman–Crippen MR) is 70.4 cm³/mol. The summed E-state index contributed by atoms with van der Waals surface area (Å²) < 4.78 is 0. The van der Waals surface area contributed by atoms with Crippen LogP contribution in [0.1, 0.15) is 39.0 Å². The Hall–Kier alpha value is -1.37. The fraction of sp³-hybridized carbons (Fsp3) is 0.400. The van der Waals surface area contributed by atoms with Crippen LogP contribution in [0.25, 0.3) is 0 Å². The highest BCUT2D eigenvalue weighted by molar-refractivity contribution is 5.86. The van der Waals surface area contributed by atoms with Gasteiger partial charge < -0.3 is 0 Å². The molecule has 1 aliphatic carbocycles. The lowest BCUT2D eigenvalue weighted by Gasteiger charge is -2.12. The number of benzene rings is 1. The lowest BCUT2D eigenvalue weighted by molar-refractivity contribution is 0.694. The maximum atomic E-state index is 4.63. The number of nitrogens with zero attached hydrogens (tertiary/aromatic N) is 1. The van der Waals surface area contributed by atoms with Gasteiger partial charge in [-0.25, -0.2) is 0 Å². The first-order valence-electron chi connectivity index (χ1n) is 6.12. The van der Waals surface area contributed by atoms with E-state index in [0.717, 1.165) is 12.1 Å². The van der Waals surface area contributed by atoms with Gasteiger partial charge in [0.1, 0.15) is 0 Å². The Balaban J connectivity index is 1.99. The molecule has 1 heteroatoms. The van der Waals surface area contributed by atoms with Gasteiger partial charge in [0.15, 0.2) is 0 Å². The highest BCUT2D eigenvalue weighted by Crippen LogP contribution is 2.21. The number of allylic oxidation sites excluding steroid dienone is 2. The second-order valence-corrected chi connectivity index (χ2v) is 4.47.